The second-order valence-electron chi connectivity index (χ2n) is 16.4. The Labute approximate surface area is 250 Å². The van der Waals surface area contributed by atoms with Gasteiger partial charge in [0.05, 0.1) is 17.8 Å². The summed E-state index contributed by atoms with van der Waals surface area (Å²) in [6, 6.07) is 7.10. The molecule has 42 heavy (non-hydrogen) atoms. The molecule has 230 valence electrons. The zero-order valence-electron chi connectivity index (χ0n) is 26.7. The average Bonchev–Trinajstić information content (AvgIpc) is 3.42. The number of fused-ring (bicyclic) bond motifs is 5. The van der Waals surface area contributed by atoms with Crippen LogP contribution in [0.15, 0.2) is 35.4 Å². The summed E-state index contributed by atoms with van der Waals surface area (Å²) < 4.78 is 5.70. The van der Waals surface area contributed by atoms with Gasteiger partial charge in [-0.15, -0.1) is 0 Å². The Morgan fingerprint density at radius 1 is 1.05 bits per heavy atom. The lowest BCUT2D eigenvalue weighted by Gasteiger charge is -2.69. The Balaban J connectivity index is 1.38. The Kier molecular flexibility index (Phi) is 6.61. The number of epoxide rings is 1. The number of aliphatic hydroxyl groups is 2. The highest BCUT2D eigenvalue weighted by Crippen LogP contribution is 2.74. The zero-order chi connectivity index (χ0) is 30.8. The molecule has 0 amide bonds. The quantitative estimate of drug-likeness (QED) is 0.364. The minimum atomic E-state index is -0.735. The fourth-order valence-corrected chi connectivity index (χ4v) is 11.3. The molecule has 0 radical (unpaired) electrons. The van der Waals surface area contributed by atoms with Crippen molar-refractivity contribution in [2.45, 2.75) is 124 Å². The summed E-state index contributed by atoms with van der Waals surface area (Å²) >= 11 is 0. The third kappa shape index (κ3) is 4.00. The lowest BCUT2D eigenvalue weighted by atomic mass is 9.35. The first-order valence-electron chi connectivity index (χ1n) is 16.0. The molecule has 10 atom stereocenters. The first kappa shape index (κ1) is 30.0. The number of carbonyl (C=O) groups excluding carboxylic acids is 2. The molecular weight excluding hydrogens is 528 g/mol. The number of ether oxygens (including phenoxy) is 1. The number of phenolic OH excluding ortho intramolecular Hbond substituents is 1. The van der Waals surface area contributed by atoms with Crippen LogP contribution >= 0.6 is 0 Å². The number of carbonyl (C=O) groups is 2. The number of hydrogen-bond donors (Lipinski definition) is 3. The van der Waals surface area contributed by atoms with Crippen molar-refractivity contribution in [1.29, 1.82) is 0 Å². The smallest absolute Gasteiger partial charge is 0.159 e. The van der Waals surface area contributed by atoms with E-state index in [2.05, 4.69) is 27.7 Å². The summed E-state index contributed by atoms with van der Waals surface area (Å²) in [7, 11) is 0. The number of Topliss-reactive ketones (excluding diaryl/α,β-unsaturated/α-hetero) is 2. The Morgan fingerprint density at radius 3 is 2.33 bits per heavy atom. The van der Waals surface area contributed by atoms with Crippen LogP contribution in [0.5, 0.6) is 5.75 Å². The molecule has 4 aliphatic carbocycles. The number of benzene rings is 1. The summed E-state index contributed by atoms with van der Waals surface area (Å²) in [5.41, 5.74) is 0.857. The summed E-state index contributed by atoms with van der Waals surface area (Å²) in [6.45, 7) is 16.9. The summed E-state index contributed by atoms with van der Waals surface area (Å²) in [4.78, 5) is 27.9. The molecule has 1 aliphatic heterocycles. The fourth-order valence-electron chi connectivity index (χ4n) is 11.3. The maximum Gasteiger partial charge on any atom is 0.159 e. The van der Waals surface area contributed by atoms with Gasteiger partial charge in [-0.25, -0.2) is 0 Å². The van der Waals surface area contributed by atoms with Crippen molar-refractivity contribution in [2.75, 3.05) is 0 Å². The molecule has 4 fully saturated rings. The van der Waals surface area contributed by atoms with Gasteiger partial charge in [-0.3, -0.25) is 9.59 Å². The van der Waals surface area contributed by atoms with Gasteiger partial charge in [-0.05, 0) is 91.9 Å². The standard InChI is InChI=1S/C36H50O6/c1-19(14-24(38)31-33(4,5)42-31)28-23-12-13-27-34(6)16-22(20-10-9-11-21(37)15-20)30(41)32(2,3)29(34)26(40)18-36(27,8)35(23,7)17-25(28)39/h9-11,15,19,22,24,26-27,29,31,37-38,40H,12-14,16-18H2,1-8H3/t19-,22-,24-,26-,27+,29+,31+,34-,35+,36+/m1/s1. The Bertz CT molecular complexity index is 1360. The number of ketones is 2. The van der Waals surface area contributed by atoms with E-state index in [-0.39, 0.29) is 63.5 Å². The van der Waals surface area contributed by atoms with Crippen LogP contribution in [-0.2, 0) is 14.3 Å². The maximum absolute atomic E-state index is 14.1. The lowest BCUT2D eigenvalue weighted by Crippen LogP contribution is -2.67. The molecule has 1 aromatic rings. The molecule has 0 bridgehead atoms. The molecule has 1 saturated heterocycles. The number of allylic oxidation sites excluding steroid dienone is 2. The van der Waals surface area contributed by atoms with E-state index in [0.29, 0.717) is 25.7 Å². The van der Waals surface area contributed by atoms with Crippen LogP contribution in [0.1, 0.15) is 105 Å². The van der Waals surface area contributed by atoms with E-state index in [9.17, 15) is 24.9 Å². The minimum absolute atomic E-state index is 0.0669. The molecule has 1 heterocycles. The van der Waals surface area contributed by atoms with Crippen molar-refractivity contribution >= 4 is 11.6 Å². The van der Waals surface area contributed by atoms with Crippen molar-refractivity contribution < 1.29 is 29.6 Å². The molecular formula is C36H50O6. The number of rotatable bonds is 5. The highest BCUT2D eigenvalue weighted by atomic mass is 16.6. The molecule has 0 spiro atoms. The number of aliphatic hydroxyl groups excluding tert-OH is 2. The van der Waals surface area contributed by atoms with E-state index < -0.39 is 23.0 Å². The first-order valence-corrected chi connectivity index (χ1v) is 16.0. The molecule has 6 nitrogen and oxygen atoms in total. The topological polar surface area (TPSA) is 107 Å². The number of hydrogen-bond acceptors (Lipinski definition) is 6. The van der Waals surface area contributed by atoms with Crippen LogP contribution in [0.25, 0.3) is 0 Å². The van der Waals surface area contributed by atoms with Crippen molar-refractivity contribution in [3.05, 3.63) is 41.0 Å². The van der Waals surface area contributed by atoms with Crippen LogP contribution in [0.3, 0.4) is 0 Å². The van der Waals surface area contributed by atoms with Gasteiger partial charge in [0.15, 0.2) is 5.78 Å². The van der Waals surface area contributed by atoms with E-state index in [1.807, 2.05) is 33.8 Å². The Morgan fingerprint density at radius 2 is 1.71 bits per heavy atom. The molecule has 6 heteroatoms. The van der Waals surface area contributed by atoms with Crippen molar-refractivity contribution in [3.63, 3.8) is 0 Å². The van der Waals surface area contributed by atoms with Gasteiger partial charge in [0.25, 0.3) is 0 Å². The predicted octanol–water partition coefficient (Wildman–Crippen LogP) is 6.12. The fraction of sp³-hybridized carbons (Fsp3) is 0.722. The van der Waals surface area contributed by atoms with Gasteiger partial charge >= 0.3 is 0 Å². The van der Waals surface area contributed by atoms with Gasteiger partial charge in [0.1, 0.15) is 17.6 Å². The highest BCUT2D eigenvalue weighted by Gasteiger charge is 2.71. The van der Waals surface area contributed by atoms with Crippen molar-refractivity contribution in [1.82, 2.24) is 0 Å². The van der Waals surface area contributed by atoms with Gasteiger partial charge in [0, 0.05) is 29.1 Å². The molecule has 6 rings (SSSR count). The third-order valence-corrected chi connectivity index (χ3v) is 13.2. The third-order valence-electron chi connectivity index (χ3n) is 13.2. The maximum atomic E-state index is 14.1. The predicted molar refractivity (Wildman–Crippen MR) is 161 cm³/mol. The van der Waals surface area contributed by atoms with Crippen LogP contribution in [0.2, 0.25) is 0 Å². The highest BCUT2D eigenvalue weighted by molar-refractivity contribution is 6.00. The van der Waals surface area contributed by atoms with Crippen LogP contribution in [0.4, 0.5) is 0 Å². The summed E-state index contributed by atoms with van der Waals surface area (Å²) in [5.74, 6) is 0.0789. The normalized spacial score (nSPS) is 43.3. The van der Waals surface area contributed by atoms with E-state index >= 15 is 0 Å². The van der Waals surface area contributed by atoms with E-state index in [1.165, 1.54) is 5.57 Å². The lowest BCUT2D eigenvalue weighted by molar-refractivity contribution is -0.219. The Hall–Kier alpha value is -2.02. The molecule has 0 unspecified atom stereocenters. The van der Waals surface area contributed by atoms with Crippen LogP contribution in [-0.4, -0.2) is 50.8 Å². The van der Waals surface area contributed by atoms with Gasteiger partial charge in [-0.1, -0.05) is 59.2 Å². The number of phenols is 1. The van der Waals surface area contributed by atoms with Crippen molar-refractivity contribution in [2.24, 2.45) is 39.4 Å². The van der Waals surface area contributed by atoms with Crippen LogP contribution in [0, 0.1) is 39.4 Å². The van der Waals surface area contributed by atoms with Gasteiger partial charge < -0.3 is 20.1 Å². The second kappa shape index (κ2) is 9.25. The zero-order valence-corrected chi connectivity index (χ0v) is 26.7. The molecule has 3 N–H and O–H groups in total. The molecule has 1 aromatic carbocycles. The molecule has 3 saturated carbocycles. The molecule has 0 aromatic heterocycles. The van der Waals surface area contributed by atoms with E-state index in [1.54, 1.807) is 18.2 Å². The van der Waals surface area contributed by atoms with Gasteiger partial charge in [0.2, 0.25) is 0 Å². The summed E-state index contributed by atoms with van der Waals surface area (Å²) in [6.07, 6.45) is 2.39. The number of aromatic hydroxyl groups is 1. The van der Waals surface area contributed by atoms with Crippen LogP contribution < -0.4 is 0 Å². The molecule has 5 aliphatic rings. The van der Waals surface area contributed by atoms with Gasteiger partial charge in [-0.2, -0.15) is 0 Å². The van der Waals surface area contributed by atoms with E-state index in [0.717, 1.165) is 24.0 Å². The second-order valence-corrected chi connectivity index (χ2v) is 16.4. The average molecular weight is 579 g/mol. The SMILES string of the molecule is C[C@H](C[C@@H](O)[C@@H]1OC1(C)C)C1=C2CC[C@H]3[C@@]4(C)C[C@H](c5cccc(O)c5)C(=O)C(C)(C)[C@@H]4[C@H](O)C[C@]3(C)[C@@]2(C)CC1=O. The monoisotopic (exact) mass is 578 g/mol. The first-order chi connectivity index (χ1) is 19.4. The van der Waals surface area contributed by atoms with Crippen molar-refractivity contribution in [3.8, 4) is 5.75 Å². The largest absolute Gasteiger partial charge is 0.508 e. The minimum Gasteiger partial charge on any atom is -0.508 e. The van der Waals surface area contributed by atoms with E-state index in [4.69, 9.17) is 4.74 Å². The summed E-state index contributed by atoms with van der Waals surface area (Å²) in [5, 5.41) is 33.2.